The van der Waals surface area contributed by atoms with E-state index >= 15 is 0 Å². The van der Waals surface area contributed by atoms with E-state index in [0.29, 0.717) is 28.1 Å². The molecule has 3 rings (SSSR count). The van der Waals surface area contributed by atoms with Gasteiger partial charge in [-0.1, -0.05) is 6.07 Å². The molecule has 1 aliphatic rings. The standard InChI is InChI=1S/C21H26BrN3O3/c1-3-28-20-18(22)12-15(13-19(20)27-2)21(26)24-16-7-10-25(11-8-16)14-17-6-4-5-9-23-17/h4-6,9,12-13,16H,3,7-8,10-11,14H2,1-2H3,(H,24,26). The fraction of sp³-hybridized carbons (Fsp3) is 0.429. The van der Waals surface area contributed by atoms with Crippen molar-refractivity contribution >= 4 is 21.8 Å². The molecule has 28 heavy (non-hydrogen) atoms. The summed E-state index contributed by atoms with van der Waals surface area (Å²) in [6, 6.07) is 9.66. The molecule has 1 aromatic heterocycles. The molecule has 0 atom stereocenters. The highest BCUT2D eigenvalue weighted by Gasteiger charge is 2.22. The number of methoxy groups -OCH3 is 1. The van der Waals surface area contributed by atoms with Crippen molar-refractivity contribution in [3.05, 3.63) is 52.3 Å². The lowest BCUT2D eigenvalue weighted by Gasteiger charge is -2.32. The Labute approximate surface area is 174 Å². The Morgan fingerprint density at radius 2 is 2.11 bits per heavy atom. The molecule has 1 aliphatic heterocycles. The monoisotopic (exact) mass is 447 g/mol. The molecule has 0 saturated carbocycles. The van der Waals surface area contributed by atoms with Crippen LogP contribution in [0, 0.1) is 0 Å². The molecule has 7 heteroatoms. The van der Waals surface area contributed by atoms with E-state index in [1.54, 1.807) is 19.2 Å². The van der Waals surface area contributed by atoms with Crippen LogP contribution in [0.2, 0.25) is 0 Å². The highest BCUT2D eigenvalue weighted by molar-refractivity contribution is 9.10. The topological polar surface area (TPSA) is 63.7 Å². The van der Waals surface area contributed by atoms with Gasteiger partial charge in [0.1, 0.15) is 0 Å². The average molecular weight is 448 g/mol. The van der Waals surface area contributed by atoms with Gasteiger partial charge in [0.2, 0.25) is 0 Å². The molecule has 1 N–H and O–H groups in total. The Balaban J connectivity index is 1.56. The van der Waals surface area contributed by atoms with Crippen molar-refractivity contribution in [1.82, 2.24) is 15.2 Å². The first kappa shape index (κ1) is 20.6. The summed E-state index contributed by atoms with van der Waals surface area (Å²) in [6.07, 6.45) is 3.67. The summed E-state index contributed by atoms with van der Waals surface area (Å²) in [5.41, 5.74) is 1.64. The number of nitrogens with zero attached hydrogens (tertiary/aromatic N) is 2. The van der Waals surface area contributed by atoms with Gasteiger partial charge in [-0.15, -0.1) is 0 Å². The van der Waals surface area contributed by atoms with Gasteiger partial charge in [-0.25, -0.2) is 0 Å². The average Bonchev–Trinajstić information content (AvgIpc) is 2.71. The Morgan fingerprint density at radius 1 is 1.32 bits per heavy atom. The van der Waals surface area contributed by atoms with Crippen molar-refractivity contribution in [2.24, 2.45) is 0 Å². The largest absolute Gasteiger partial charge is 0.493 e. The van der Waals surface area contributed by atoms with Gasteiger partial charge in [-0.05, 0) is 60.0 Å². The molecule has 0 spiro atoms. The van der Waals surface area contributed by atoms with Gasteiger partial charge in [0.05, 0.1) is 23.9 Å². The number of amides is 1. The van der Waals surface area contributed by atoms with E-state index in [2.05, 4.69) is 31.1 Å². The zero-order valence-electron chi connectivity index (χ0n) is 16.3. The van der Waals surface area contributed by atoms with Gasteiger partial charge in [-0.2, -0.15) is 0 Å². The SMILES string of the molecule is CCOc1c(Br)cc(C(=O)NC2CCN(Cc3ccccn3)CC2)cc1OC. The molecule has 1 amide bonds. The fourth-order valence-electron chi connectivity index (χ4n) is 3.36. The van der Waals surface area contributed by atoms with Gasteiger partial charge >= 0.3 is 0 Å². The lowest BCUT2D eigenvalue weighted by atomic mass is 10.0. The molecule has 6 nitrogen and oxygen atoms in total. The molecule has 0 unspecified atom stereocenters. The first-order valence-corrected chi connectivity index (χ1v) is 10.3. The number of piperidine rings is 1. The van der Waals surface area contributed by atoms with E-state index < -0.39 is 0 Å². The van der Waals surface area contributed by atoms with Crippen LogP contribution in [0.4, 0.5) is 0 Å². The number of carbonyl (C=O) groups excluding carboxylic acids is 1. The number of nitrogens with one attached hydrogen (secondary N) is 1. The van der Waals surface area contributed by atoms with Crippen LogP contribution < -0.4 is 14.8 Å². The van der Waals surface area contributed by atoms with Crippen molar-refractivity contribution < 1.29 is 14.3 Å². The molecule has 1 aromatic carbocycles. The molecule has 0 radical (unpaired) electrons. The second kappa shape index (κ2) is 9.89. The van der Waals surface area contributed by atoms with Gasteiger partial charge in [0.15, 0.2) is 11.5 Å². The van der Waals surface area contributed by atoms with Crippen molar-refractivity contribution in [2.75, 3.05) is 26.8 Å². The second-order valence-corrected chi connectivity index (χ2v) is 7.62. The normalized spacial score (nSPS) is 15.2. The second-order valence-electron chi connectivity index (χ2n) is 6.77. The Morgan fingerprint density at radius 3 is 2.75 bits per heavy atom. The van der Waals surface area contributed by atoms with Crippen LogP contribution in [0.15, 0.2) is 41.0 Å². The van der Waals surface area contributed by atoms with E-state index in [4.69, 9.17) is 9.47 Å². The van der Waals surface area contributed by atoms with Crippen LogP contribution in [0.1, 0.15) is 35.8 Å². The van der Waals surface area contributed by atoms with Crippen molar-refractivity contribution in [1.29, 1.82) is 0 Å². The van der Waals surface area contributed by atoms with Gasteiger partial charge in [-0.3, -0.25) is 14.7 Å². The number of ether oxygens (including phenoxy) is 2. The highest BCUT2D eigenvalue weighted by Crippen LogP contribution is 2.36. The summed E-state index contributed by atoms with van der Waals surface area (Å²) in [6.45, 7) is 5.17. The predicted molar refractivity (Wildman–Crippen MR) is 112 cm³/mol. The van der Waals surface area contributed by atoms with Crippen LogP contribution >= 0.6 is 15.9 Å². The third kappa shape index (κ3) is 5.23. The van der Waals surface area contributed by atoms with Crippen LogP contribution in [0.5, 0.6) is 11.5 Å². The minimum Gasteiger partial charge on any atom is -0.493 e. The van der Waals surface area contributed by atoms with Crippen LogP contribution in [-0.4, -0.2) is 48.6 Å². The van der Waals surface area contributed by atoms with Crippen molar-refractivity contribution in [2.45, 2.75) is 32.4 Å². The minimum absolute atomic E-state index is 0.0924. The first-order chi connectivity index (χ1) is 13.6. The van der Waals surface area contributed by atoms with E-state index in [1.165, 1.54) is 0 Å². The van der Waals surface area contributed by atoms with Crippen LogP contribution in [-0.2, 0) is 6.54 Å². The van der Waals surface area contributed by atoms with Crippen LogP contribution in [0.3, 0.4) is 0 Å². The third-order valence-electron chi connectivity index (χ3n) is 4.81. The number of rotatable bonds is 7. The maximum Gasteiger partial charge on any atom is 0.251 e. The highest BCUT2D eigenvalue weighted by atomic mass is 79.9. The molecule has 1 fully saturated rings. The Kier molecular flexibility index (Phi) is 7.28. The summed E-state index contributed by atoms with van der Waals surface area (Å²) < 4.78 is 11.7. The zero-order chi connectivity index (χ0) is 19.9. The number of carbonyl (C=O) groups is 1. The number of likely N-dealkylation sites (tertiary alicyclic amines) is 1. The lowest BCUT2D eigenvalue weighted by molar-refractivity contribution is 0.0908. The smallest absolute Gasteiger partial charge is 0.251 e. The van der Waals surface area contributed by atoms with E-state index in [0.717, 1.165) is 38.2 Å². The summed E-state index contributed by atoms with van der Waals surface area (Å²) in [7, 11) is 1.57. The third-order valence-corrected chi connectivity index (χ3v) is 5.40. The Hall–Kier alpha value is -2.12. The molecule has 1 saturated heterocycles. The van der Waals surface area contributed by atoms with E-state index in [9.17, 15) is 4.79 Å². The molecule has 0 bridgehead atoms. The molecular formula is C21H26BrN3O3. The molecule has 2 heterocycles. The summed E-state index contributed by atoms with van der Waals surface area (Å²) >= 11 is 3.48. The maximum absolute atomic E-state index is 12.7. The van der Waals surface area contributed by atoms with Gasteiger partial charge in [0, 0.05) is 37.4 Å². The quantitative estimate of drug-likeness (QED) is 0.701. The number of pyridine rings is 1. The maximum atomic E-state index is 12.7. The molecule has 0 aliphatic carbocycles. The summed E-state index contributed by atoms with van der Waals surface area (Å²) in [5, 5.41) is 3.15. The minimum atomic E-state index is -0.0924. The number of halogens is 1. The number of aromatic nitrogens is 1. The predicted octanol–water partition coefficient (Wildman–Crippen LogP) is 3.65. The fourth-order valence-corrected chi connectivity index (χ4v) is 3.92. The van der Waals surface area contributed by atoms with E-state index in [-0.39, 0.29) is 11.9 Å². The van der Waals surface area contributed by atoms with Crippen LogP contribution in [0.25, 0.3) is 0 Å². The van der Waals surface area contributed by atoms with Gasteiger partial charge in [0.25, 0.3) is 5.91 Å². The lowest BCUT2D eigenvalue weighted by Crippen LogP contribution is -2.44. The summed E-state index contributed by atoms with van der Waals surface area (Å²) in [5.74, 6) is 1.07. The molecular weight excluding hydrogens is 422 g/mol. The number of hydrogen-bond acceptors (Lipinski definition) is 5. The van der Waals surface area contributed by atoms with Crippen molar-refractivity contribution in [3.63, 3.8) is 0 Å². The number of hydrogen-bond donors (Lipinski definition) is 1. The molecule has 150 valence electrons. The molecule has 2 aromatic rings. The first-order valence-electron chi connectivity index (χ1n) is 9.54. The number of benzene rings is 1. The zero-order valence-corrected chi connectivity index (χ0v) is 17.9. The van der Waals surface area contributed by atoms with Gasteiger partial charge < -0.3 is 14.8 Å². The van der Waals surface area contributed by atoms with E-state index in [1.807, 2.05) is 31.3 Å². The Bertz CT molecular complexity index is 793. The summed E-state index contributed by atoms with van der Waals surface area (Å²) in [4.78, 5) is 19.5. The van der Waals surface area contributed by atoms with Crippen molar-refractivity contribution in [3.8, 4) is 11.5 Å².